The zero-order chi connectivity index (χ0) is 5.70. The van der Waals surface area contributed by atoms with Gasteiger partial charge in [-0.15, -0.1) is 0 Å². The lowest BCUT2D eigenvalue weighted by atomic mass is 10.3. The number of nitrogens with one attached hydrogen (secondary N) is 1. The Balaban J connectivity index is 2.83. The van der Waals surface area contributed by atoms with Gasteiger partial charge in [0.25, 0.3) is 0 Å². The summed E-state index contributed by atoms with van der Waals surface area (Å²) in [5.41, 5.74) is 2.80. The van der Waals surface area contributed by atoms with Crippen LogP contribution in [0.5, 0.6) is 0 Å². The molecular weight excluding hydrogens is 90.1 g/mol. The molecule has 0 aliphatic heterocycles. The lowest BCUT2D eigenvalue weighted by Gasteiger charge is -2.06. The fourth-order valence-electron chi connectivity index (χ4n) is 0.285. The topological polar surface area (TPSA) is 21.3 Å². The zero-order valence-electron chi connectivity index (χ0n) is 5.19. The minimum absolute atomic E-state index is 0.477. The first kappa shape index (κ1) is 6.92. The molecule has 2 heteroatoms. The average molecular weight is 103 g/mol. The van der Waals surface area contributed by atoms with E-state index < -0.39 is 0 Å². The molecule has 0 unspecified atom stereocenters. The van der Waals surface area contributed by atoms with Crippen LogP contribution in [-0.2, 0) is 4.84 Å². The fraction of sp³-hybridized carbons (Fsp3) is 1.00. The Morgan fingerprint density at radius 1 is 1.71 bits per heavy atom. The zero-order valence-corrected chi connectivity index (χ0v) is 5.19. The Morgan fingerprint density at radius 3 is 2.43 bits per heavy atom. The number of hydrogen-bond donors (Lipinski definition) is 1. The molecule has 0 heterocycles. The van der Waals surface area contributed by atoms with E-state index in [2.05, 4.69) is 24.2 Å². The molecule has 0 saturated carbocycles. The Kier molecular flexibility index (Phi) is 4.04. The van der Waals surface area contributed by atoms with E-state index in [0.717, 1.165) is 6.42 Å². The highest BCUT2D eigenvalue weighted by Gasteiger charge is 1.91. The molecular formula is C5H13NO. The molecule has 0 amide bonds. The van der Waals surface area contributed by atoms with Gasteiger partial charge in [0, 0.05) is 6.04 Å². The van der Waals surface area contributed by atoms with Crippen LogP contribution in [0.4, 0.5) is 0 Å². The molecule has 44 valence electrons. The summed E-state index contributed by atoms with van der Waals surface area (Å²) >= 11 is 0. The lowest BCUT2D eigenvalue weighted by molar-refractivity contribution is 0.0650. The predicted octanol–water partition coefficient (Wildman–Crippen LogP) is 0.936. The molecule has 0 aromatic rings. The summed E-state index contributed by atoms with van der Waals surface area (Å²) in [4.78, 5) is 4.64. The highest BCUT2D eigenvalue weighted by Crippen LogP contribution is 1.84. The summed E-state index contributed by atoms with van der Waals surface area (Å²) in [6.07, 6.45) is 1.10. The summed E-state index contributed by atoms with van der Waals surface area (Å²) in [5, 5.41) is 0. The first-order chi connectivity index (χ1) is 3.31. The van der Waals surface area contributed by atoms with Crippen molar-refractivity contribution in [2.24, 2.45) is 0 Å². The van der Waals surface area contributed by atoms with E-state index in [1.54, 1.807) is 7.11 Å². The van der Waals surface area contributed by atoms with Gasteiger partial charge in [0.1, 0.15) is 0 Å². The van der Waals surface area contributed by atoms with Crippen LogP contribution < -0.4 is 5.48 Å². The molecule has 0 saturated heterocycles. The van der Waals surface area contributed by atoms with E-state index in [4.69, 9.17) is 0 Å². The van der Waals surface area contributed by atoms with Crippen molar-refractivity contribution >= 4 is 0 Å². The first-order valence-electron chi connectivity index (χ1n) is 2.59. The van der Waals surface area contributed by atoms with Crippen molar-refractivity contribution in [3.05, 3.63) is 0 Å². The van der Waals surface area contributed by atoms with Crippen LogP contribution in [0.15, 0.2) is 0 Å². The maximum atomic E-state index is 4.64. The standard InChI is InChI=1S/C5H13NO/c1-4-5(2)6-7-3/h5-6H,4H2,1-3H3/t5-/m1/s1. The van der Waals surface area contributed by atoms with E-state index in [0.29, 0.717) is 6.04 Å². The predicted molar refractivity (Wildman–Crippen MR) is 29.9 cm³/mol. The molecule has 0 rings (SSSR count). The van der Waals surface area contributed by atoms with Gasteiger partial charge in [-0.3, -0.25) is 0 Å². The van der Waals surface area contributed by atoms with E-state index in [1.807, 2.05) is 0 Å². The first-order valence-corrected chi connectivity index (χ1v) is 2.59. The van der Waals surface area contributed by atoms with Crippen LogP contribution in [0.2, 0.25) is 0 Å². The molecule has 0 fully saturated rings. The quantitative estimate of drug-likeness (QED) is 0.537. The van der Waals surface area contributed by atoms with Gasteiger partial charge in [0.2, 0.25) is 0 Å². The van der Waals surface area contributed by atoms with Gasteiger partial charge >= 0.3 is 0 Å². The highest BCUT2D eigenvalue weighted by molar-refractivity contribution is 4.46. The van der Waals surface area contributed by atoms with Crippen LogP contribution in [0, 0.1) is 0 Å². The maximum Gasteiger partial charge on any atom is 0.0572 e. The minimum Gasteiger partial charge on any atom is -0.305 e. The summed E-state index contributed by atoms with van der Waals surface area (Å²) in [5.74, 6) is 0. The second kappa shape index (κ2) is 4.09. The number of hydrogen-bond acceptors (Lipinski definition) is 2. The van der Waals surface area contributed by atoms with Crippen molar-refractivity contribution in [3.8, 4) is 0 Å². The van der Waals surface area contributed by atoms with Crippen molar-refractivity contribution in [1.82, 2.24) is 5.48 Å². The Labute approximate surface area is 44.8 Å². The van der Waals surface area contributed by atoms with Gasteiger partial charge in [-0.1, -0.05) is 6.92 Å². The molecule has 1 atom stereocenters. The second-order valence-electron chi connectivity index (χ2n) is 1.63. The molecule has 0 aromatic heterocycles. The van der Waals surface area contributed by atoms with Crippen LogP contribution in [0.1, 0.15) is 20.3 Å². The Bertz CT molecular complexity index is 39.1. The normalized spacial score (nSPS) is 14.1. The molecule has 2 nitrogen and oxygen atoms in total. The van der Waals surface area contributed by atoms with Crippen molar-refractivity contribution in [1.29, 1.82) is 0 Å². The Morgan fingerprint density at radius 2 is 2.29 bits per heavy atom. The van der Waals surface area contributed by atoms with Crippen LogP contribution in [-0.4, -0.2) is 13.2 Å². The van der Waals surface area contributed by atoms with Crippen LogP contribution in [0.3, 0.4) is 0 Å². The van der Waals surface area contributed by atoms with Crippen molar-refractivity contribution in [2.75, 3.05) is 7.11 Å². The molecule has 7 heavy (non-hydrogen) atoms. The van der Waals surface area contributed by atoms with Crippen molar-refractivity contribution < 1.29 is 4.84 Å². The molecule has 1 N–H and O–H groups in total. The third kappa shape index (κ3) is 3.76. The number of rotatable bonds is 3. The molecule has 0 aliphatic carbocycles. The molecule has 0 spiro atoms. The van der Waals surface area contributed by atoms with Gasteiger partial charge in [-0.25, -0.2) is 5.48 Å². The van der Waals surface area contributed by atoms with Gasteiger partial charge < -0.3 is 4.84 Å². The van der Waals surface area contributed by atoms with Gasteiger partial charge in [-0.2, -0.15) is 0 Å². The monoisotopic (exact) mass is 103 g/mol. The van der Waals surface area contributed by atoms with Crippen LogP contribution in [0.25, 0.3) is 0 Å². The largest absolute Gasteiger partial charge is 0.305 e. The van der Waals surface area contributed by atoms with Crippen molar-refractivity contribution in [3.63, 3.8) is 0 Å². The van der Waals surface area contributed by atoms with Gasteiger partial charge in [0.15, 0.2) is 0 Å². The third-order valence-electron chi connectivity index (χ3n) is 0.931. The van der Waals surface area contributed by atoms with Crippen LogP contribution >= 0.6 is 0 Å². The smallest absolute Gasteiger partial charge is 0.0572 e. The fourth-order valence-corrected chi connectivity index (χ4v) is 0.285. The molecule has 0 radical (unpaired) electrons. The number of hydroxylamine groups is 1. The summed E-state index contributed by atoms with van der Waals surface area (Å²) in [6, 6.07) is 0.477. The van der Waals surface area contributed by atoms with Crippen molar-refractivity contribution in [2.45, 2.75) is 26.3 Å². The van der Waals surface area contributed by atoms with E-state index in [1.165, 1.54) is 0 Å². The van der Waals surface area contributed by atoms with E-state index in [9.17, 15) is 0 Å². The summed E-state index contributed by atoms with van der Waals surface area (Å²) in [7, 11) is 1.63. The second-order valence-corrected chi connectivity index (χ2v) is 1.63. The SMILES string of the molecule is CC[C@@H](C)NOC. The summed E-state index contributed by atoms with van der Waals surface area (Å²) in [6.45, 7) is 4.18. The highest BCUT2D eigenvalue weighted by atomic mass is 16.6. The minimum atomic E-state index is 0.477. The maximum absolute atomic E-state index is 4.64. The third-order valence-corrected chi connectivity index (χ3v) is 0.931. The van der Waals surface area contributed by atoms with E-state index in [-0.39, 0.29) is 0 Å². The molecule has 0 aromatic carbocycles. The molecule has 0 aliphatic rings. The van der Waals surface area contributed by atoms with Gasteiger partial charge in [0.05, 0.1) is 7.11 Å². The average Bonchev–Trinajstić information content (AvgIpc) is 1.68. The van der Waals surface area contributed by atoms with E-state index >= 15 is 0 Å². The lowest BCUT2D eigenvalue weighted by Crippen LogP contribution is -2.23. The van der Waals surface area contributed by atoms with Gasteiger partial charge in [-0.05, 0) is 13.3 Å². The summed E-state index contributed by atoms with van der Waals surface area (Å²) < 4.78 is 0. The Hall–Kier alpha value is -0.0800. The molecule has 0 bridgehead atoms.